The van der Waals surface area contributed by atoms with E-state index >= 15 is 0 Å². The number of carbonyl (C=O) groups excluding carboxylic acids is 1. The van der Waals surface area contributed by atoms with E-state index in [1.807, 2.05) is 4.57 Å². The van der Waals surface area contributed by atoms with Crippen molar-refractivity contribution in [1.82, 2.24) is 19.3 Å². The van der Waals surface area contributed by atoms with E-state index in [9.17, 15) is 21.6 Å². The molecule has 3 aromatic rings. The minimum absolute atomic E-state index is 0.0194. The van der Waals surface area contributed by atoms with E-state index in [0.29, 0.717) is 18.0 Å². The first-order chi connectivity index (χ1) is 16.5. The monoisotopic (exact) mass is 520 g/mol. The number of benzene rings is 2. The second kappa shape index (κ2) is 10.7. The van der Waals surface area contributed by atoms with E-state index in [2.05, 4.69) is 9.71 Å². The summed E-state index contributed by atoms with van der Waals surface area (Å²) in [6, 6.07) is 10.4. The molecule has 12 nitrogen and oxygen atoms in total. The average molecular weight is 521 g/mol. The molecule has 0 spiro atoms. The number of nitrogens with zero attached hydrogens (tertiary/aromatic N) is 3. The fraction of sp³-hybridized carbons (Fsp3) is 0.190. The molecule has 0 saturated carbocycles. The maximum absolute atomic E-state index is 12.8. The Kier molecular flexibility index (Phi) is 7.89. The van der Waals surface area contributed by atoms with E-state index in [0.717, 1.165) is 12.3 Å². The number of hydrogen-bond donors (Lipinski definition) is 3. The van der Waals surface area contributed by atoms with Gasteiger partial charge in [-0.3, -0.25) is 10.2 Å². The third kappa shape index (κ3) is 6.88. The Morgan fingerprint density at radius 1 is 1.14 bits per heavy atom. The highest BCUT2D eigenvalue weighted by Gasteiger charge is 2.23. The quantitative estimate of drug-likeness (QED) is 0.153. The lowest BCUT2D eigenvalue weighted by Gasteiger charge is -2.20. The summed E-state index contributed by atoms with van der Waals surface area (Å²) in [7, 11) is -7.34. The summed E-state index contributed by atoms with van der Waals surface area (Å²) in [6.45, 7) is 0.829. The molecule has 0 saturated heterocycles. The number of guanidine groups is 1. The van der Waals surface area contributed by atoms with E-state index in [4.69, 9.17) is 16.0 Å². The van der Waals surface area contributed by atoms with Crippen LogP contribution >= 0.6 is 0 Å². The summed E-state index contributed by atoms with van der Waals surface area (Å²) >= 11 is 0. The number of nitrogens with one attached hydrogen (secondary N) is 2. The van der Waals surface area contributed by atoms with E-state index in [-0.39, 0.29) is 27.6 Å². The van der Waals surface area contributed by atoms with Crippen LogP contribution in [0, 0.1) is 5.41 Å². The maximum Gasteiger partial charge on any atom is 0.294 e. The average Bonchev–Trinajstić information content (AvgIpc) is 3.33. The highest BCUT2D eigenvalue weighted by Crippen LogP contribution is 2.19. The van der Waals surface area contributed by atoms with Gasteiger partial charge < -0.3 is 15.1 Å². The van der Waals surface area contributed by atoms with Crippen molar-refractivity contribution < 1.29 is 26.5 Å². The SMILES string of the molecule is CS(=O)(=O)c1cccc(C(=O)N(Oc2ccc(S(=O)(=O)NCCCn3ccnc3)cc2)C(=N)N)c1. The van der Waals surface area contributed by atoms with Gasteiger partial charge in [0.1, 0.15) is 0 Å². The first kappa shape index (κ1) is 25.9. The third-order valence-electron chi connectivity index (χ3n) is 4.69. The number of sulfonamides is 1. The van der Waals surface area contributed by atoms with Crippen LogP contribution in [0.25, 0.3) is 0 Å². The second-order valence-corrected chi connectivity index (χ2v) is 11.2. The molecule has 0 fully saturated rings. The molecule has 2 aromatic carbocycles. The number of amides is 1. The molecule has 1 aromatic heterocycles. The number of aryl methyl sites for hydroxylation is 1. The van der Waals surface area contributed by atoms with Crippen molar-refractivity contribution in [3.63, 3.8) is 0 Å². The number of hydroxylamine groups is 2. The first-order valence-corrected chi connectivity index (χ1v) is 13.6. The minimum atomic E-state index is -3.78. The predicted molar refractivity (Wildman–Crippen MR) is 127 cm³/mol. The molecule has 14 heteroatoms. The Bertz CT molecular complexity index is 1400. The zero-order chi connectivity index (χ0) is 25.6. The number of hydrogen-bond acceptors (Lipinski definition) is 8. The zero-order valence-electron chi connectivity index (χ0n) is 18.7. The zero-order valence-corrected chi connectivity index (χ0v) is 20.3. The van der Waals surface area contributed by atoms with Gasteiger partial charge >= 0.3 is 0 Å². The van der Waals surface area contributed by atoms with Crippen molar-refractivity contribution in [2.75, 3.05) is 12.8 Å². The van der Waals surface area contributed by atoms with Crippen molar-refractivity contribution in [2.24, 2.45) is 5.73 Å². The number of carbonyl (C=O) groups is 1. The standard InChI is InChI=1S/C21H24N6O6S2/c1-34(29,30)19-5-2-4-16(14-19)20(28)27(21(22)23)33-17-6-8-18(9-7-17)35(31,32)25-10-3-12-26-13-11-24-15-26/h2,4-9,11,13-15,25H,3,10,12H2,1H3,(H3,22,23). The molecule has 0 bridgehead atoms. The maximum atomic E-state index is 12.8. The van der Waals surface area contributed by atoms with Crippen LogP contribution in [-0.2, 0) is 26.4 Å². The molecule has 4 N–H and O–H groups in total. The molecule has 0 aliphatic rings. The van der Waals surface area contributed by atoms with Gasteiger partial charge in [0.2, 0.25) is 16.0 Å². The Balaban J connectivity index is 1.67. The van der Waals surface area contributed by atoms with Crippen LogP contribution < -0.4 is 15.3 Å². The van der Waals surface area contributed by atoms with E-state index < -0.39 is 31.7 Å². The minimum Gasteiger partial charge on any atom is -0.369 e. The van der Waals surface area contributed by atoms with E-state index in [1.165, 1.54) is 42.5 Å². The van der Waals surface area contributed by atoms with Gasteiger partial charge in [-0.25, -0.2) is 26.5 Å². The Morgan fingerprint density at radius 2 is 1.86 bits per heavy atom. The van der Waals surface area contributed by atoms with Gasteiger partial charge in [0.15, 0.2) is 15.6 Å². The molecule has 0 unspecified atom stereocenters. The first-order valence-electron chi connectivity index (χ1n) is 10.2. The largest absolute Gasteiger partial charge is 0.369 e. The van der Waals surface area contributed by atoms with Crippen LogP contribution in [0.4, 0.5) is 0 Å². The van der Waals surface area contributed by atoms with Crippen LogP contribution in [0.3, 0.4) is 0 Å². The molecule has 35 heavy (non-hydrogen) atoms. The number of rotatable bonds is 10. The molecule has 0 radical (unpaired) electrons. The Labute approximate surface area is 202 Å². The number of sulfone groups is 1. The van der Waals surface area contributed by atoms with Gasteiger partial charge in [0, 0.05) is 37.3 Å². The highest BCUT2D eigenvalue weighted by molar-refractivity contribution is 7.90. The molecule has 0 aliphatic carbocycles. The number of imidazole rings is 1. The smallest absolute Gasteiger partial charge is 0.294 e. The summed E-state index contributed by atoms with van der Waals surface area (Å²) in [5, 5.41) is 8.14. The van der Waals surface area contributed by atoms with Gasteiger partial charge in [-0.05, 0) is 48.9 Å². The molecule has 0 atom stereocenters. The lowest BCUT2D eigenvalue weighted by Crippen LogP contribution is -2.43. The fourth-order valence-corrected chi connectivity index (χ4v) is 4.67. The molecular formula is C21H24N6O6S2. The van der Waals surface area contributed by atoms with Gasteiger partial charge in [0.05, 0.1) is 16.1 Å². The van der Waals surface area contributed by atoms with Crippen LogP contribution in [-0.4, -0.2) is 56.1 Å². The highest BCUT2D eigenvalue weighted by atomic mass is 32.2. The summed E-state index contributed by atoms with van der Waals surface area (Å²) in [5.74, 6) is -1.60. The number of nitrogens with two attached hydrogens (primary N) is 1. The van der Waals surface area contributed by atoms with Crippen molar-refractivity contribution in [3.8, 4) is 5.75 Å². The van der Waals surface area contributed by atoms with Crippen molar-refractivity contribution in [3.05, 3.63) is 72.8 Å². The summed E-state index contributed by atoms with van der Waals surface area (Å²) in [6.07, 6.45) is 6.63. The Hall–Kier alpha value is -3.75. The van der Waals surface area contributed by atoms with Gasteiger partial charge in [-0.1, -0.05) is 6.07 Å². The molecular weight excluding hydrogens is 496 g/mol. The summed E-state index contributed by atoms with van der Waals surface area (Å²) < 4.78 is 52.9. The fourth-order valence-electron chi connectivity index (χ4n) is 2.93. The Morgan fingerprint density at radius 3 is 2.46 bits per heavy atom. The van der Waals surface area contributed by atoms with Gasteiger partial charge in [0.25, 0.3) is 5.91 Å². The molecule has 1 amide bonds. The van der Waals surface area contributed by atoms with Crippen LogP contribution in [0.5, 0.6) is 5.75 Å². The number of aromatic nitrogens is 2. The van der Waals surface area contributed by atoms with Crippen LogP contribution in [0.15, 0.2) is 77.0 Å². The predicted octanol–water partition coefficient (Wildman–Crippen LogP) is 0.985. The normalized spacial score (nSPS) is 11.7. The van der Waals surface area contributed by atoms with Crippen molar-refractivity contribution >= 4 is 31.7 Å². The summed E-state index contributed by atoms with van der Waals surface area (Å²) in [4.78, 5) is 22.0. The van der Waals surface area contributed by atoms with Crippen LogP contribution in [0.1, 0.15) is 16.8 Å². The van der Waals surface area contributed by atoms with E-state index in [1.54, 1.807) is 18.7 Å². The van der Waals surface area contributed by atoms with Crippen LogP contribution in [0.2, 0.25) is 0 Å². The summed E-state index contributed by atoms with van der Waals surface area (Å²) in [5.41, 5.74) is 5.42. The molecule has 3 rings (SSSR count). The van der Waals surface area contributed by atoms with Gasteiger partial charge in [-0.2, -0.15) is 0 Å². The second-order valence-electron chi connectivity index (χ2n) is 7.40. The van der Waals surface area contributed by atoms with Crippen molar-refractivity contribution in [2.45, 2.75) is 22.8 Å². The lowest BCUT2D eigenvalue weighted by molar-refractivity contribution is 0.0152. The van der Waals surface area contributed by atoms with Gasteiger partial charge in [-0.15, -0.1) is 5.06 Å². The lowest BCUT2D eigenvalue weighted by atomic mass is 10.2. The third-order valence-corrected chi connectivity index (χ3v) is 7.27. The topological polar surface area (TPSA) is 178 Å². The van der Waals surface area contributed by atoms with Crippen molar-refractivity contribution in [1.29, 1.82) is 5.41 Å². The molecule has 0 aliphatic heterocycles. The molecule has 186 valence electrons. The molecule has 1 heterocycles.